The summed E-state index contributed by atoms with van der Waals surface area (Å²) in [7, 11) is 0. The third-order valence-corrected chi connectivity index (χ3v) is 4.24. The normalized spacial score (nSPS) is 12.1. The van der Waals surface area contributed by atoms with Crippen molar-refractivity contribution in [2.75, 3.05) is 0 Å². The highest BCUT2D eigenvalue weighted by molar-refractivity contribution is 6.53. The average molecular weight is 454 g/mol. The monoisotopic (exact) mass is 453 g/mol. The summed E-state index contributed by atoms with van der Waals surface area (Å²) < 4.78 is 50.0. The summed E-state index contributed by atoms with van der Waals surface area (Å²) in [6.07, 6.45) is -4.48. The van der Waals surface area contributed by atoms with Crippen LogP contribution in [0.25, 0.3) is 0 Å². The van der Waals surface area contributed by atoms with E-state index >= 15 is 0 Å². The lowest BCUT2D eigenvalue weighted by Crippen LogP contribution is -2.13. The number of para-hydroxylation sites is 1. The predicted octanol–water partition coefficient (Wildman–Crippen LogP) is 7.55. The fourth-order valence-corrected chi connectivity index (χ4v) is 2.73. The number of aliphatic imine (C=N–C) groups is 1. The van der Waals surface area contributed by atoms with Crippen LogP contribution in [-0.2, 0) is 17.5 Å². The molecule has 8 heteroatoms. The molecule has 0 aliphatic carbocycles. The van der Waals surface area contributed by atoms with Crippen molar-refractivity contribution in [2.45, 2.75) is 17.6 Å². The molecule has 0 saturated carbocycles. The van der Waals surface area contributed by atoms with Gasteiger partial charge in [0.05, 0.1) is 11.3 Å². The lowest BCUT2D eigenvalue weighted by molar-refractivity contribution is -0.137. The highest BCUT2D eigenvalue weighted by Crippen LogP contribution is 2.31. The van der Waals surface area contributed by atoms with Gasteiger partial charge in [0.25, 0.3) is 0 Å². The van der Waals surface area contributed by atoms with Gasteiger partial charge in [-0.25, -0.2) is 4.99 Å². The van der Waals surface area contributed by atoms with Crippen molar-refractivity contribution >= 4 is 34.8 Å². The Morgan fingerprint density at radius 1 is 0.867 bits per heavy atom. The second-order valence-electron chi connectivity index (χ2n) is 6.15. The van der Waals surface area contributed by atoms with E-state index in [0.29, 0.717) is 11.5 Å². The van der Waals surface area contributed by atoms with Gasteiger partial charge in [-0.05, 0) is 48.0 Å². The molecule has 0 aromatic heterocycles. The molecular weight excluding hydrogens is 438 g/mol. The second-order valence-corrected chi connectivity index (χ2v) is 7.25. The Labute approximate surface area is 181 Å². The van der Waals surface area contributed by atoms with Gasteiger partial charge in [0.1, 0.15) is 18.1 Å². The number of hydrogen-bond acceptors (Lipinski definition) is 3. The lowest BCUT2D eigenvalue weighted by Gasteiger charge is -2.12. The first-order valence-corrected chi connectivity index (χ1v) is 9.67. The number of rotatable bonds is 6. The first kappa shape index (κ1) is 22.0. The maximum atomic E-state index is 12.9. The van der Waals surface area contributed by atoms with Crippen molar-refractivity contribution in [3.63, 3.8) is 0 Å². The molecule has 0 N–H and O–H groups in total. The van der Waals surface area contributed by atoms with Gasteiger partial charge in [-0.15, -0.1) is 0 Å². The topological polar surface area (TPSA) is 30.8 Å². The average Bonchev–Trinajstić information content (AvgIpc) is 2.71. The van der Waals surface area contributed by atoms with Gasteiger partial charge in [-0.2, -0.15) is 13.2 Å². The van der Waals surface area contributed by atoms with Gasteiger partial charge >= 0.3 is 6.18 Å². The van der Waals surface area contributed by atoms with Crippen molar-refractivity contribution in [1.82, 2.24) is 0 Å². The van der Waals surface area contributed by atoms with Gasteiger partial charge in [-0.3, -0.25) is 0 Å². The van der Waals surface area contributed by atoms with Crippen molar-refractivity contribution in [1.29, 1.82) is 0 Å². The number of ether oxygens (including phenoxy) is 2. The van der Waals surface area contributed by atoms with Crippen molar-refractivity contribution in [2.24, 2.45) is 4.99 Å². The van der Waals surface area contributed by atoms with Gasteiger partial charge in [0, 0.05) is 0 Å². The predicted molar refractivity (Wildman–Crippen MR) is 112 cm³/mol. The van der Waals surface area contributed by atoms with Crippen molar-refractivity contribution in [3.05, 3.63) is 90.0 Å². The van der Waals surface area contributed by atoms with Crippen LogP contribution in [0.15, 0.2) is 83.9 Å². The molecule has 156 valence electrons. The standard InChI is InChI=1S/C22H16Cl2F3NO2/c23-20(24)21(28-17-8-5-7-16(13-17)22(25,26)27)29-14-15-6-4-11-19(12-15)30-18-9-2-1-3-10-18/h1-13,20H,14H2. The van der Waals surface area contributed by atoms with E-state index in [1.807, 2.05) is 30.3 Å². The Hall–Kier alpha value is -2.70. The molecule has 0 atom stereocenters. The lowest BCUT2D eigenvalue weighted by atomic mass is 10.2. The van der Waals surface area contributed by atoms with E-state index in [2.05, 4.69) is 4.99 Å². The molecule has 30 heavy (non-hydrogen) atoms. The summed E-state index contributed by atoms with van der Waals surface area (Å²) in [5.41, 5.74) is -0.0454. The molecule has 0 radical (unpaired) electrons. The summed E-state index contributed by atoms with van der Waals surface area (Å²) >= 11 is 11.8. The highest BCUT2D eigenvalue weighted by atomic mass is 35.5. The van der Waals surface area contributed by atoms with Crippen molar-refractivity contribution in [3.8, 4) is 11.5 Å². The Balaban J connectivity index is 1.72. The second kappa shape index (κ2) is 9.87. The summed E-state index contributed by atoms with van der Waals surface area (Å²) in [5.74, 6) is 1.18. The third kappa shape index (κ3) is 6.40. The van der Waals surface area contributed by atoms with Crippen LogP contribution >= 0.6 is 23.2 Å². The fourth-order valence-electron chi connectivity index (χ4n) is 2.50. The molecule has 0 amide bonds. The molecule has 0 unspecified atom stereocenters. The molecule has 3 rings (SSSR count). The fraction of sp³-hybridized carbons (Fsp3) is 0.136. The van der Waals surface area contributed by atoms with E-state index in [0.717, 1.165) is 17.7 Å². The zero-order valence-electron chi connectivity index (χ0n) is 15.4. The minimum atomic E-state index is -4.48. The molecule has 0 aliphatic heterocycles. The first-order chi connectivity index (χ1) is 14.3. The van der Waals surface area contributed by atoms with Crippen molar-refractivity contribution < 1.29 is 22.6 Å². The van der Waals surface area contributed by atoms with Gasteiger partial charge in [0.15, 0.2) is 4.84 Å². The molecule has 0 aliphatic rings. The summed E-state index contributed by atoms with van der Waals surface area (Å²) in [6, 6.07) is 20.9. The largest absolute Gasteiger partial charge is 0.474 e. The van der Waals surface area contributed by atoms with Crippen LogP contribution in [0.2, 0.25) is 0 Å². The summed E-state index contributed by atoms with van der Waals surface area (Å²) in [4.78, 5) is 2.89. The number of benzene rings is 3. The molecule has 3 nitrogen and oxygen atoms in total. The van der Waals surface area contributed by atoms with Gasteiger partial charge in [0.2, 0.25) is 5.90 Å². The van der Waals surface area contributed by atoms with E-state index in [1.165, 1.54) is 12.1 Å². The van der Waals surface area contributed by atoms with Crippen LogP contribution in [0.1, 0.15) is 11.1 Å². The molecule has 3 aromatic rings. The van der Waals surface area contributed by atoms with E-state index in [1.54, 1.807) is 24.3 Å². The van der Waals surface area contributed by atoms with Crippen LogP contribution in [0.5, 0.6) is 11.5 Å². The van der Waals surface area contributed by atoms with Crippen LogP contribution in [-0.4, -0.2) is 10.7 Å². The molecule has 0 fully saturated rings. The van der Waals surface area contributed by atoms with Gasteiger partial charge in [-0.1, -0.05) is 59.6 Å². The van der Waals surface area contributed by atoms with E-state index < -0.39 is 16.6 Å². The third-order valence-electron chi connectivity index (χ3n) is 3.86. The maximum Gasteiger partial charge on any atom is 0.416 e. The summed E-state index contributed by atoms with van der Waals surface area (Å²) in [5, 5.41) is 0. The Bertz CT molecular complexity index is 1010. The molecular formula is C22H16Cl2F3NO2. The Morgan fingerprint density at radius 3 is 2.27 bits per heavy atom. The van der Waals surface area contributed by atoms with Crippen LogP contribution < -0.4 is 4.74 Å². The van der Waals surface area contributed by atoms with E-state index in [4.69, 9.17) is 32.7 Å². The molecule has 0 heterocycles. The minimum Gasteiger partial charge on any atom is -0.474 e. The number of halogens is 5. The van der Waals surface area contributed by atoms with E-state index in [-0.39, 0.29) is 18.2 Å². The molecule has 0 saturated heterocycles. The van der Waals surface area contributed by atoms with Gasteiger partial charge < -0.3 is 9.47 Å². The quantitative estimate of drug-likeness (QED) is 0.219. The number of nitrogens with zero attached hydrogens (tertiary/aromatic N) is 1. The smallest absolute Gasteiger partial charge is 0.416 e. The zero-order chi connectivity index (χ0) is 21.6. The first-order valence-electron chi connectivity index (χ1n) is 8.80. The van der Waals surface area contributed by atoms with Crippen LogP contribution in [0.4, 0.5) is 18.9 Å². The Kier molecular flexibility index (Phi) is 7.24. The highest BCUT2D eigenvalue weighted by Gasteiger charge is 2.30. The molecule has 3 aromatic carbocycles. The minimum absolute atomic E-state index is 0.0345. The maximum absolute atomic E-state index is 12.9. The van der Waals surface area contributed by atoms with Crippen LogP contribution in [0, 0.1) is 0 Å². The number of alkyl halides is 5. The zero-order valence-corrected chi connectivity index (χ0v) is 17.0. The number of hydrogen-bond donors (Lipinski definition) is 0. The van der Waals surface area contributed by atoms with E-state index in [9.17, 15) is 13.2 Å². The SMILES string of the molecule is FC(F)(F)c1cccc(N=C(OCc2cccc(Oc3ccccc3)c2)C(Cl)Cl)c1. The molecule has 0 spiro atoms. The van der Waals surface area contributed by atoms with Crippen LogP contribution in [0.3, 0.4) is 0 Å². The Morgan fingerprint density at radius 2 is 1.57 bits per heavy atom. The molecule has 0 bridgehead atoms. The summed E-state index contributed by atoms with van der Waals surface area (Å²) in [6.45, 7) is 0.0553.